The molecule has 2 aromatic heterocycles. The Bertz CT molecular complexity index is 696. The number of imidazole rings is 1. The molecule has 0 radical (unpaired) electrons. The Morgan fingerprint density at radius 1 is 1.31 bits per heavy atom. The third-order valence-corrected chi connectivity index (χ3v) is 3.73. The molecule has 2 heterocycles. The Morgan fingerprint density at radius 2 is 2.00 bits per heavy atom. The summed E-state index contributed by atoms with van der Waals surface area (Å²) in [6, 6.07) is -0.0609. The number of nitrogens with one attached hydrogen (secondary N) is 1. The Kier molecular flexibility index (Phi) is 8.82. The molecule has 26 heavy (non-hydrogen) atoms. The van der Waals surface area contributed by atoms with Gasteiger partial charge in [-0.15, -0.1) is 0 Å². The first kappa shape index (κ1) is 21.1. The Labute approximate surface area is 152 Å². The molecule has 0 aliphatic rings. The number of likely N-dealkylation sites (N-methyl/N-ethyl adjacent to an activating group) is 1. The highest BCUT2D eigenvalue weighted by Gasteiger charge is 2.08. The number of amides is 2. The van der Waals surface area contributed by atoms with Crippen molar-refractivity contribution in [3.8, 4) is 0 Å². The second-order valence-electron chi connectivity index (χ2n) is 5.71. The van der Waals surface area contributed by atoms with Crippen molar-refractivity contribution in [3.63, 3.8) is 0 Å². The maximum absolute atomic E-state index is 12.0. The third kappa shape index (κ3) is 6.91. The minimum atomic E-state index is -0.250. The van der Waals surface area contributed by atoms with Crippen molar-refractivity contribution in [3.05, 3.63) is 29.9 Å². The second kappa shape index (κ2) is 10.9. The molecule has 2 rings (SSSR count). The molecule has 2 aromatic rings. The highest BCUT2D eigenvalue weighted by atomic mass is 16.3. The van der Waals surface area contributed by atoms with E-state index in [1.807, 2.05) is 36.2 Å². The number of aryl methyl sites for hydroxylation is 4. The number of hydrogen-bond acceptors (Lipinski definition) is 5. The van der Waals surface area contributed by atoms with Gasteiger partial charge in [0, 0.05) is 45.6 Å². The molecule has 10 heteroatoms. The molecule has 0 saturated carbocycles. The number of carboxylic acid groups (broad SMARTS) is 1. The minimum absolute atomic E-state index is 0.0609. The van der Waals surface area contributed by atoms with Gasteiger partial charge in [-0.2, -0.15) is 5.10 Å². The Morgan fingerprint density at radius 3 is 2.54 bits per heavy atom. The van der Waals surface area contributed by atoms with Crippen LogP contribution in [0.3, 0.4) is 0 Å². The first-order valence-electron chi connectivity index (χ1n) is 8.31. The molecule has 0 aromatic carbocycles. The summed E-state index contributed by atoms with van der Waals surface area (Å²) in [5.41, 5.74) is 0. The number of carbonyl (C=O) groups excluding carboxylic acids is 1. The van der Waals surface area contributed by atoms with Crippen molar-refractivity contribution in [2.24, 2.45) is 0 Å². The summed E-state index contributed by atoms with van der Waals surface area (Å²) in [4.78, 5) is 30.5. The second-order valence-corrected chi connectivity index (χ2v) is 5.71. The summed E-state index contributed by atoms with van der Waals surface area (Å²) in [7, 11) is 1.80. The summed E-state index contributed by atoms with van der Waals surface area (Å²) in [6.45, 7) is 8.27. The molecule has 0 spiro atoms. The zero-order chi connectivity index (χ0) is 19.5. The van der Waals surface area contributed by atoms with Gasteiger partial charge in [-0.3, -0.25) is 9.48 Å². The summed E-state index contributed by atoms with van der Waals surface area (Å²) in [5, 5.41) is 14.1. The maximum atomic E-state index is 12.0. The monoisotopic (exact) mass is 365 g/mol. The first-order chi connectivity index (χ1) is 12.4. The number of urea groups is 1. The molecule has 2 amide bonds. The van der Waals surface area contributed by atoms with Crippen molar-refractivity contribution in [2.45, 2.75) is 40.3 Å². The molecule has 10 nitrogen and oxygen atoms in total. The zero-order valence-electron chi connectivity index (χ0n) is 15.7. The fourth-order valence-corrected chi connectivity index (χ4v) is 2.33. The highest BCUT2D eigenvalue weighted by molar-refractivity contribution is 5.73. The smallest absolute Gasteiger partial charge is 0.317 e. The predicted octanol–water partition coefficient (Wildman–Crippen LogP) is 0.832. The molecule has 0 atom stereocenters. The van der Waals surface area contributed by atoms with Crippen molar-refractivity contribution in [2.75, 3.05) is 20.1 Å². The van der Waals surface area contributed by atoms with Crippen LogP contribution >= 0.6 is 0 Å². The third-order valence-electron chi connectivity index (χ3n) is 3.73. The average Bonchev–Trinajstić information content (AvgIpc) is 3.14. The largest absolute Gasteiger partial charge is 0.483 e. The van der Waals surface area contributed by atoms with E-state index in [2.05, 4.69) is 20.4 Å². The topological polar surface area (TPSA) is 118 Å². The van der Waals surface area contributed by atoms with Gasteiger partial charge in [0.1, 0.15) is 17.5 Å². The predicted molar refractivity (Wildman–Crippen MR) is 95.8 cm³/mol. The molecular formula is C16H27N7O3. The van der Waals surface area contributed by atoms with Crippen LogP contribution in [0.4, 0.5) is 4.79 Å². The lowest BCUT2D eigenvalue weighted by Crippen LogP contribution is -2.39. The highest BCUT2D eigenvalue weighted by Crippen LogP contribution is 1.98. The van der Waals surface area contributed by atoms with Gasteiger partial charge in [-0.25, -0.2) is 14.8 Å². The number of nitrogens with zero attached hydrogens (tertiary/aromatic N) is 6. The molecule has 0 unspecified atom stereocenters. The van der Waals surface area contributed by atoms with Crippen molar-refractivity contribution in [1.29, 1.82) is 0 Å². The van der Waals surface area contributed by atoms with Gasteiger partial charge in [-0.05, 0) is 27.2 Å². The van der Waals surface area contributed by atoms with E-state index in [-0.39, 0.29) is 12.5 Å². The Hall–Kier alpha value is -2.91. The quantitative estimate of drug-likeness (QED) is 0.554. The van der Waals surface area contributed by atoms with E-state index in [9.17, 15) is 4.79 Å². The summed E-state index contributed by atoms with van der Waals surface area (Å²) in [6.07, 6.45) is 4.51. The van der Waals surface area contributed by atoms with E-state index >= 15 is 0 Å². The molecule has 0 aliphatic heterocycles. The van der Waals surface area contributed by atoms with Crippen LogP contribution in [-0.2, 0) is 17.9 Å². The summed E-state index contributed by atoms with van der Waals surface area (Å²) >= 11 is 0. The number of carbonyl (C=O) groups is 2. The maximum Gasteiger partial charge on any atom is 0.317 e. The molecular weight excluding hydrogens is 338 g/mol. The van der Waals surface area contributed by atoms with Crippen LogP contribution in [0, 0.1) is 20.8 Å². The van der Waals surface area contributed by atoms with Crippen molar-refractivity contribution >= 4 is 12.5 Å². The van der Waals surface area contributed by atoms with Gasteiger partial charge < -0.3 is 19.9 Å². The van der Waals surface area contributed by atoms with E-state index in [0.717, 1.165) is 37.0 Å². The first-order valence-corrected chi connectivity index (χ1v) is 8.31. The number of hydrogen-bond donors (Lipinski definition) is 2. The lowest BCUT2D eigenvalue weighted by atomic mass is 10.4. The molecule has 0 saturated heterocycles. The molecule has 2 N–H and O–H groups in total. The van der Waals surface area contributed by atoms with Crippen LogP contribution in [-0.4, -0.2) is 67.0 Å². The van der Waals surface area contributed by atoms with E-state index in [4.69, 9.17) is 9.90 Å². The van der Waals surface area contributed by atoms with Gasteiger partial charge in [0.15, 0.2) is 0 Å². The summed E-state index contributed by atoms with van der Waals surface area (Å²) in [5.74, 6) is 2.64. The van der Waals surface area contributed by atoms with E-state index in [0.29, 0.717) is 13.1 Å². The van der Waals surface area contributed by atoms with Gasteiger partial charge >= 0.3 is 6.03 Å². The lowest BCUT2D eigenvalue weighted by Gasteiger charge is -2.18. The molecule has 0 aliphatic carbocycles. The van der Waals surface area contributed by atoms with Gasteiger partial charge in [-0.1, -0.05) is 0 Å². The fourth-order valence-electron chi connectivity index (χ4n) is 2.33. The molecule has 0 bridgehead atoms. The van der Waals surface area contributed by atoms with Crippen molar-refractivity contribution < 1.29 is 14.7 Å². The Balaban J connectivity index is 0.00000105. The minimum Gasteiger partial charge on any atom is -0.483 e. The van der Waals surface area contributed by atoms with Crippen molar-refractivity contribution in [1.82, 2.24) is 34.5 Å². The molecule has 0 fully saturated rings. The zero-order valence-corrected chi connectivity index (χ0v) is 15.7. The van der Waals surface area contributed by atoms with Gasteiger partial charge in [0.25, 0.3) is 6.47 Å². The van der Waals surface area contributed by atoms with Gasteiger partial charge in [0.2, 0.25) is 0 Å². The van der Waals surface area contributed by atoms with Crippen LogP contribution < -0.4 is 5.32 Å². The number of aromatic nitrogens is 5. The average molecular weight is 365 g/mol. The fraction of sp³-hybridized carbons (Fsp3) is 0.562. The van der Waals surface area contributed by atoms with E-state index in [1.54, 1.807) is 18.1 Å². The van der Waals surface area contributed by atoms with Gasteiger partial charge in [0.05, 0.1) is 0 Å². The van der Waals surface area contributed by atoms with E-state index in [1.165, 1.54) is 0 Å². The molecule has 144 valence electrons. The summed E-state index contributed by atoms with van der Waals surface area (Å²) < 4.78 is 3.90. The SMILES string of the molecule is Cc1nc(C)n(CCCNC(=O)N(C)CCn2ccnc2C)n1.O=CO. The van der Waals surface area contributed by atoms with Crippen LogP contribution in [0.25, 0.3) is 0 Å². The number of rotatable bonds is 7. The van der Waals surface area contributed by atoms with E-state index < -0.39 is 0 Å². The standard InChI is InChI=1S/C15H25N7O.CH2O2/c1-12-18-14(3)22(19-12)8-5-6-17-15(23)20(4)10-11-21-9-7-16-13(21)2;2-1-3/h7,9H,5-6,8,10-11H2,1-4H3,(H,17,23);1H,(H,2,3). The van der Waals surface area contributed by atoms with Crippen LogP contribution in [0.15, 0.2) is 12.4 Å². The lowest BCUT2D eigenvalue weighted by molar-refractivity contribution is -0.122. The normalized spacial score (nSPS) is 10.0. The van der Waals surface area contributed by atoms with Crippen LogP contribution in [0.1, 0.15) is 23.9 Å². The van der Waals surface area contributed by atoms with Crippen LogP contribution in [0.2, 0.25) is 0 Å². The van der Waals surface area contributed by atoms with Crippen LogP contribution in [0.5, 0.6) is 0 Å².